The lowest BCUT2D eigenvalue weighted by Crippen LogP contribution is -2.20. The molecule has 0 aromatic heterocycles. The molecular weight excluding hydrogens is 140 g/mol. The van der Waals surface area contributed by atoms with Crippen LogP contribution in [0.3, 0.4) is 0 Å². The van der Waals surface area contributed by atoms with Gasteiger partial charge in [-0.25, -0.2) is 0 Å². The van der Waals surface area contributed by atoms with Gasteiger partial charge in [0.2, 0.25) is 0 Å². The summed E-state index contributed by atoms with van der Waals surface area (Å²) in [5.74, 6) is 0. The van der Waals surface area contributed by atoms with Crippen LogP contribution in [-0.2, 0) is 5.22 Å². The fourth-order valence-electron chi connectivity index (χ4n) is 0.763. The van der Waals surface area contributed by atoms with Gasteiger partial charge in [0.25, 0.3) is 0 Å². The van der Waals surface area contributed by atoms with Crippen LogP contribution >= 0.6 is 0 Å². The highest BCUT2D eigenvalue weighted by Gasteiger charge is 2.13. The summed E-state index contributed by atoms with van der Waals surface area (Å²) in [4.78, 5) is 0. The molecule has 2 heteroatoms. The summed E-state index contributed by atoms with van der Waals surface area (Å²) in [5.41, 5.74) is 0.867. The van der Waals surface area contributed by atoms with Crippen LogP contribution < -0.4 is 0 Å². The van der Waals surface area contributed by atoms with Gasteiger partial charge in [-0.2, -0.15) is 0 Å². The lowest BCUT2D eigenvalue weighted by molar-refractivity contribution is 0.149. The molecule has 3 radical (unpaired) electrons. The third kappa shape index (κ3) is 1.69. The maximum Gasteiger partial charge on any atom is 0.0765 e. The van der Waals surface area contributed by atoms with Crippen molar-refractivity contribution in [1.29, 1.82) is 0 Å². The second-order valence-corrected chi connectivity index (χ2v) is 3.41. The summed E-state index contributed by atoms with van der Waals surface area (Å²) < 4.78 is 0. The summed E-state index contributed by atoms with van der Waals surface area (Å²) >= 11 is 0. The van der Waals surface area contributed by atoms with Gasteiger partial charge in [0.1, 0.15) is 0 Å². The van der Waals surface area contributed by atoms with E-state index >= 15 is 0 Å². The molecule has 0 aliphatic rings. The summed E-state index contributed by atoms with van der Waals surface area (Å²) in [6.45, 7) is 1.69. The minimum Gasteiger partial charge on any atom is -0.390 e. The molecule has 0 bridgehead atoms. The standard InChI is InChI=1S/C8H9OSi/c1-8(9,10)7-5-3-2-4-6-7/h2-6,9H,1H3. The Labute approximate surface area is 64.1 Å². The van der Waals surface area contributed by atoms with Crippen LogP contribution in [-0.4, -0.2) is 15.3 Å². The first kappa shape index (κ1) is 7.50. The van der Waals surface area contributed by atoms with Gasteiger partial charge in [-0.3, -0.25) is 0 Å². The lowest BCUT2D eigenvalue weighted by Gasteiger charge is -2.16. The first-order valence-corrected chi connectivity index (χ1v) is 3.63. The minimum atomic E-state index is -0.902. The number of rotatable bonds is 1. The highest BCUT2D eigenvalue weighted by molar-refractivity contribution is 6.14. The first-order valence-electron chi connectivity index (χ1n) is 3.13. The molecule has 1 rings (SSSR count). The largest absolute Gasteiger partial charge is 0.390 e. The van der Waals surface area contributed by atoms with E-state index in [1.807, 2.05) is 30.3 Å². The SMILES string of the molecule is CC(O)([Si])c1ccccc1. The molecule has 0 spiro atoms. The van der Waals surface area contributed by atoms with Crippen LogP contribution in [0.5, 0.6) is 0 Å². The lowest BCUT2D eigenvalue weighted by atomic mass is 10.1. The Morgan fingerprint density at radius 1 is 1.30 bits per heavy atom. The van der Waals surface area contributed by atoms with Crippen molar-refractivity contribution in [2.75, 3.05) is 0 Å². The van der Waals surface area contributed by atoms with Gasteiger partial charge in [0, 0.05) is 0 Å². The second-order valence-electron chi connectivity index (χ2n) is 2.44. The average molecular weight is 149 g/mol. The molecule has 1 aromatic rings. The van der Waals surface area contributed by atoms with E-state index in [4.69, 9.17) is 0 Å². The molecule has 10 heavy (non-hydrogen) atoms. The highest BCUT2D eigenvalue weighted by atomic mass is 28.1. The summed E-state index contributed by atoms with van der Waals surface area (Å²) in [5, 5.41) is 8.50. The second kappa shape index (κ2) is 2.56. The molecule has 0 aliphatic carbocycles. The number of hydrogen-bond donors (Lipinski definition) is 1. The van der Waals surface area contributed by atoms with Crippen molar-refractivity contribution in [3.63, 3.8) is 0 Å². The van der Waals surface area contributed by atoms with Crippen molar-refractivity contribution in [2.45, 2.75) is 12.1 Å². The Bertz CT molecular complexity index is 200. The zero-order valence-electron chi connectivity index (χ0n) is 5.83. The number of hydrogen-bond acceptors (Lipinski definition) is 1. The molecule has 0 saturated carbocycles. The highest BCUT2D eigenvalue weighted by Crippen LogP contribution is 2.14. The van der Waals surface area contributed by atoms with Gasteiger partial charge in [0.05, 0.1) is 15.5 Å². The van der Waals surface area contributed by atoms with Crippen LogP contribution in [0.2, 0.25) is 0 Å². The molecule has 1 nitrogen and oxygen atoms in total. The number of benzene rings is 1. The van der Waals surface area contributed by atoms with E-state index in [9.17, 15) is 5.11 Å². The van der Waals surface area contributed by atoms with Crippen molar-refractivity contribution < 1.29 is 5.11 Å². The van der Waals surface area contributed by atoms with Crippen LogP contribution in [0.4, 0.5) is 0 Å². The van der Waals surface area contributed by atoms with Crippen LogP contribution in [0.15, 0.2) is 30.3 Å². The van der Waals surface area contributed by atoms with E-state index in [1.165, 1.54) is 0 Å². The quantitative estimate of drug-likeness (QED) is 0.591. The summed E-state index contributed by atoms with van der Waals surface area (Å²) in [6, 6.07) is 9.44. The third-order valence-corrected chi connectivity index (χ3v) is 1.62. The molecule has 1 atom stereocenters. The molecule has 0 aliphatic heterocycles. The van der Waals surface area contributed by atoms with E-state index in [-0.39, 0.29) is 0 Å². The normalized spacial score (nSPS) is 16.3. The predicted molar refractivity (Wildman–Crippen MR) is 41.8 cm³/mol. The van der Waals surface area contributed by atoms with E-state index in [0.717, 1.165) is 5.56 Å². The molecule has 0 heterocycles. The summed E-state index contributed by atoms with van der Waals surface area (Å²) in [6.07, 6.45) is 0. The smallest absolute Gasteiger partial charge is 0.0765 e. The monoisotopic (exact) mass is 149 g/mol. The van der Waals surface area contributed by atoms with Crippen molar-refractivity contribution in [2.24, 2.45) is 0 Å². The topological polar surface area (TPSA) is 20.2 Å². The van der Waals surface area contributed by atoms with Gasteiger partial charge < -0.3 is 5.11 Å². The zero-order valence-corrected chi connectivity index (χ0v) is 6.83. The Hall–Kier alpha value is -0.603. The molecule has 1 aromatic carbocycles. The van der Waals surface area contributed by atoms with Crippen LogP contribution in [0, 0.1) is 0 Å². The van der Waals surface area contributed by atoms with Crippen molar-refractivity contribution in [3.05, 3.63) is 35.9 Å². The van der Waals surface area contributed by atoms with E-state index in [2.05, 4.69) is 10.2 Å². The van der Waals surface area contributed by atoms with Gasteiger partial charge >= 0.3 is 0 Å². The van der Waals surface area contributed by atoms with E-state index in [1.54, 1.807) is 6.92 Å². The van der Waals surface area contributed by atoms with Crippen molar-refractivity contribution >= 4 is 10.2 Å². The fraction of sp³-hybridized carbons (Fsp3) is 0.250. The molecule has 0 amide bonds. The van der Waals surface area contributed by atoms with Gasteiger partial charge in [-0.1, -0.05) is 30.3 Å². The van der Waals surface area contributed by atoms with E-state index in [0.29, 0.717) is 0 Å². The zero-order chi connectivity index (χ0) is 7.61. The Morgan fingerprint density at radius 2 is 1.80 bits per heavy atom. The average Bonchev–Trinajstić information content (AvgIpc) is 1.88. The molecule has 1 N–H and O–H groups in total. The molecule has 51 valence electrons. The Balaban J connectivity index is 2.97. The summed E-state index contributed by atoms with van der Waals surface area (Å²) in [7, 11) is 3.19. The van der Waals surface area contributed by atoms with Gasteiger partial charge in [0.15, 0.2) is 0 Å². The fourth-order valence-corrected chi connectivity index (χ4v) is 0.929. The van der Waals surface area contributed by atoms with Crippen LogP contribution in [0.1, 0.15) is 12.5 Å². The Morgan fingerprint density at radius 3 is 2.10 bits per heavy atom. The molecule has 0 fully saturated rings. The first-order chi connectivity index (χ1) is 4.61. The van der Waals surface area contributed by atoms with E-state index < -0.39 is 5.22 Å². The maximum absolute atomic E-state index is 9.40. The van der Waals surface area contributed by atoms with Crippen LogP contribution in [0.25, 0.3) is 0 Å². The van der Waals surface area contributed by atoms with Gasteiger partial charge in [-0.05, 0) is 12.5 Å². The Kier molecular flexibility index (Phi) is 1.92. The maximum atomic E-state index is 9.40. The molecular formula is C8H9OSi. The van der Waals surface area contributed by atoms with Crippen molar-refractivity contribution in [3.8, 4) is 0 Å². The predicted octanol–water partition coefficient (Wildman–Crippen LogP) is 1.02. The minimum absolute atomic E-state index is 0.867. The molecule has 1 unspecified atom stereocenters. The van der Waals surface area contributed by atoms with Gasteiger partial charge in [-0.15, -0.1) is 0 Å². The number of aliphatic hydroxyl groups is 1. The van der Waals surface area contributed by atoms with Crippen molar-refractivity contribution in [1.82, 2.24) is 0 Å². The molecule has 0 saturated heterocycles. The third-order valence-electron chi connectivity index (χ3n) is 1.34.